The first-order valence-corrected chi connectivity index (χ1v) is 8.15. The summed E-state index contributed by atoms with van der Waals surface area (Å²) in [4.78, 5) is 19.1. The first kappa shape index (κ1) is 14.7. The predicted octanol–water partition coefficient (Wildman–Crippen LogP) is 3.43. The SMILES string of the molecule is O=C(c1ccco1)N1CCCCC1c1nc(-c2ccccc2)n[nH]1. The Hall–Kier alpha value is -2.89. The summed E-state index contributed by atoms with van der Waals surface area (Å²) in [7, 11) is 0. The van der Waals surface area contributed by atoms with Gasteiger partial charge >= 0.3 is 0 Å². The van der Waals surface area contributed by atoms with Gasteiger partial charge in [-0.15, -0.1) is 0 Å². The molecule has 6 heteroatoms. The van der Waals surface area contributed by atoms with Crippen molar-refractivity contribution in [2.45, 2.75) is 25.3 Å². The van der Waals surface area contributed by atoms with Crippen LogP contribution in [0.2, 0.25) is 0 Å². The van der Waals surface area contributed by atoms with Crippen molar-refractivity contribution in [2.24, 2.45) is 0 Å². The molecule has 4 rings (SSSR count). The Balaban J connectivity index is 1.62. The molecular weight excluding hydrogens is 304 g/mol. The van der Waals surface area contributed by atoms with Crippen molar-refractivity contribution in [3.63, 3.8) is 0 Å². The largest absolute Gasteiger partial charge is 0.459 e. The molecule has 1 aliphatic rings. The van der Waals surface area contributed by atoms with Gasteiger partial charge in [0.15, 0.2) is 11.6 Å². The second-order valence-electron chi connectivity index (χ2n) is 5.90. The van der Waals surface area contributed by atoms with E-state index in [1.165, 1.54) is 6.26 Å². The zero-order valence-electron chi connectivity index (χ0n) is 13.2. The highest BCUT2D eigenvalue weighted by atomic mass is 16.3. The van der Waals surface area contributed by atoms with Gasteiger partial charge in [-0.05, 0) is 31.4 Å². The Morgan fingerprint density at radius 3 is 2.83 bits per heavy atom. The van der Waals surface area contributed by atoms with E-state index in [4.69, 9.17) is 4.42 Å². The Morgan fingerprint density at radius 2 is 2.04 bits per heavy atom. The maximum atomic E-state index is 12.7. The van der Waals surface area contributed by atoms with Gasteiger partial charge in [-0.3, -0.25) is 9.89 Å². The molecule has 122 valence electrons. The van der Waals surface area contributed by atoms with E-state index in [1.54, 1.807) is 12.1 Å². The van der Waals surface area contributed by atoms with Gasteiger partial charge in [-0.1, -0.05) is 30.3 Å². The lowest BCUT2D eigenvalue weighted by Crippen LogP contribution is -2.38. The number of nitrogens with zero attached hydrogens (tertiary/aromatic N) is 3. The van der Waals surface area contributed by atoms with Crippen LogP contribution >= 0.6 is 0 Å². The monoisotopic (exact) mass is 322 g/mol. The molecular formula is C18H18N4O2. The summed E-state index contributed by atoms with van der Waals surface area (Å²) in [6.45, 7) is 0.700. The van der Waals surface area contributed by atoms with Crippen LogP contribution in [0.1, 0.15) is 41.7 Å². The predicted molar refractivity (Wildman–Crippen MR) is 88.2 cm³/mol. The van der Waals surface area contributed by atoms with Crippen LogP contribution in [0.25, 0.3) is 11.4 Å². The quantitative estimate of drug-likeness (QED) is 0.801. The fourth-order valence-corrected chi connectivity index (χ4v) is 3.14. The van der Waals surface area contributed by atoms with E-state index in [1.807, 2.05) is 35.2 Å². The number of H-pyrrole nitrogens is 1. The van der Waals surface area contributed by atoms with Gasteiger partial charge in [0.05, 0.1) is 12.3 Å². The number of carbonyl (C=O) groups is 1. The Labute approximate surface area is 139 Å². The van der Waals surface area contributed by atoms with E-state index >= 15 is 0 Å². The van der Waals surface area contributed by atoms with E-state index in [-0.39, 0.29) is 11.9 Å². The lowest BCUT2D eigenvalue weighted by atomic mass is 10.0. The average molecular weight is 322 g/mol. The maximum absolute atomic E-state index is 12.7. The van der Waals surface area contributed by atoms with Crippen molar-refractivity contribution in [1.29, 1.82) is 0 Å². The number of hydrogen-bond donors (Lipinski definition) is 1. The number of piperidine rings is 1. The van der Waals surface area contributed by atoms with E-state index < -0.39 is 0 Å². The minimum absolute atomic E-state index is 0.0950. The number of hydrogen-bond acceptors (Lipinski definition) is 4. The van der Waals surface area contributed by atoms with Crippen molar-refractivity contribution in [2.75, 3.05) is 6.54 Å². The summed E-state index contributed by atoms with van der Waals surface area (Å²) in [5, 5.41) is 7.34. The fourth-order valence-electron chi connectivity index (χ4n) is 3.14. The summed E-state index contributed by atoms with van der Waals surface area (Å²) in [5.41, 5.74) is 0.958. The number of carbonyl (C=O) groups excluding carboxylic acids is 1. The Morgan fingerprint density at radius 1 is 1.17 bits per heavy atom. The summed E-state index contributed by atoms with van der Waals surface area (Å²) < 4.78 is 5.27. The molecule has 0 saturated carbocycles. The first-order valence-electron chi connectivity index (χ1n) is 8.15. The smallest absolute Gasteiger partial charge is 0.290 e. The molecule has 1 N–H and O–H groups in total. The Kier molecular flexibility index (Phi) is 3.86. The summed E-state index contributed by atoms with van der Waals surface area (Å²) in [6, 6.07) is 13.2. The van der Waals surface area contributed by atoms with Crippen molar-refractivity contribution < 1.29 is 9.21 Å². The number of benzene rings is 1. The maximum Gasteiger partial charge on any atom is 0.290 e. The second kappa shape index (κ2) is 6.31. The molecule has 3 aromatic rings. The molecule has 1 aromatic carbocycles. The number of likely N-dealkylation sites (tertiary alicyclic amines) is 1. The van der Waals surface area contributed by atoms with Crippen LogP contribution in [0.3, 0.4) is 0 Å². The van der Waals surface area contributed by atoms with Crippen LogP contribution in [0.4, 0.5) is 0 Å². The van der Waals surface area contributed by atoms with Gasteiger partial charge in [-0.25, -0.2) is 4.98 Å². The molecule has 0 bridgehead atoms. The number of aromatic nitrogens is 3. The normalized spacial score (nSPS) is 17.8. The number of amides is 1. The first-order chi connectivity index (χ1) is 11.8. The molecule has 1 aliphatic heterocycles. The molecule has 1 saturated heterocycles. The van der Waals surface area contributed by atoms with E-state index in [9.17, 15) is 4.79 Å². The lowest BCUT2D eigenvalue weighted by molar-refractivity contribution is 0.0568. The van der Waals surface area contributed by atoms with Crippen molar-refractivity contribution in [3.05, 3.63) is 60.3 Å². The van der Waals surface area contributed by atoms with E-state index in [0.29, 0.717) is 18.1 Å². The van der Waals surface area contributed by atoms with E-state index in [0.717, 1.165) is 30.7 Å². The molecule has 2 aromatic heterocycles. The zero-order chi connectivity index (χ0) is 16.4. The molecule has 1 unspecified atom stereocenters. The van der Waals surface area contributed by atoms with Gasteiger partial charge < -0.3 is 9.32 Å². The standard InChI is InChI=1S/C18H18N4O2/c23-18(15-10-6-12-24-15)22-11-5-4-9-14(22)17-19-16(20-21-17)13-7-2-1-3-8-13/h1-3,6-8,10,12,14H,4-5,9,11H2,(H,19,20,21). The summed E-state index contributed by atoms with van der Waals surface area (Å²) >= 11 is 0. The number of rotatable bonds is 3. The number of aromatic amines is 1. The molecule has 0 aliphatic carbocycles. The molecule has 1 atom stereocenters. The highest BCUT2D eigenvalue weighted by Gasteiger charge is 2.32. The van der Waals surface area contributed by atoms with Crippen LogP contribution in [0.5, 0.6) is 0 Å². The van der Waals surface area contributed by atoms with Gasteiger partial charge in [-0.2, -0.15) is 5.10 Å². The van der Waals surface area contributed by atoms with Crippen LogP contribution in [0, 0.1) is 0 Å². The van der Waals surface area contributed by atoms with Gasteiger partial charge in [0.2, 0.25) is 0 Å². The molecule has 3 heterocycles. The highest BCUT2D eigenvalue weighted by molar-refractivity contribution is 5.91. The minimum atomic E-state index is -0.0960. The van der Waals surface area contributed by atoms with Gasteiger partial charge in [0.25, 0.3) is 5.91 Å². The average Bonchev–Trinajstić information content (AvgIpc) is 3.34. The van der Waals surface area contributed by atoms with Crippen LogP contribution in [-0.4, -0.2) is 32.5 Å². The van der Waals surface area contributed by atoms with Crippen molar-refractivity contribution >= 4 is 5.91 Å². The molecule has 0 spiro atoms. The molecule has 6 nitrogen and oxygen atoms in total. The molecule has 1 fully saturated rings. The fraction of sp³-hybridized carbons (Fsp3) is 0.278. The van der Waals surface area contributed by atoms with Crippen molar-refractivity contribution in [3.8, 4) is 11.4 Å². The molecule has 1 amide bonds. The number of nitrogens with one attached hydrogen (secondary N) is 1. The second-order valence-corrected chi connectivity index (χ2v) is 5.90. The third kappa shape index (κ3) is 2.71. The summed E-state index contributed by atoms with van der Waals surface area (Å²) in [5.74, 6) is 1.65. The zero-order valence-corrected chi connectivity index (χ0v) is 13.2. The number of furan rings is 1. The van der Waals surface area contributed by atoms with Gasteiger partial charge in [0, 0.05) is 12.1 Å². The van der Waals surface area contributed by atoms with Crippen LogP contribution in [-0.2, 0) is 0 Å². The van der Waals surface area contributed by atoms with Crippen LogP contribution in [0.15, 0.2) is 53.1 Å². The lowest BCUT2D eigenvalue weighted by Gasteiger charge is -2.33. The third-order valence-electron chi connectivity index (χ3n) is 4.35. The summed E-state index contributed by atoms with van der Waals surface area (Å²) in [6.07, 6.45) is 4.45. The third-order valence-corrected chi connectivity index (χ3v) is 4.35. The van der Waals surface area contributed by atoms with Gasteiger partial charge in [0.1, 0.15) is 5.82 Å². The van der Waals surface area contributed by atoms with E-state index in [2.05, 4.69) is 15.2 Å². The topological polar surface area (TPSA) is 75.0 Å². The minimum Gasteiger partial charge on any atom is -0.459 e. The van der Waals surface area contributed by atoms with Crippen molar-refractivity contribution in [1.82, 2.24) is 20.1 Å². The molecule has 0 radical (unpaired) electrons. The Bertz CT molecular complexity index is 811. The highest BCUT2D eigenvalue weighted by Crippen LogP contribution is 2.31. The molecule has 24 heavy (non-hydrogen) atoms. The van der Waals surface area contributed by atoms with Crippen LogP contribution < -0.4 is 0 Å².